The van der Waals surface area contributed by atoms with Crippen LogP contribution in [0.25, 0.3) is 0 Å². The predicted molar refractivity (Wildman–Crippen MR) is 80.3 cm³/mol. The van der Waals surface area contributed by atoms with Crippen LogP contribution in [0, 0.1) is 13.8 Å². The molecule has 8 heteroatoms. The molecule has 0 fully saturated rings. The summed E-state index contributed by atoms with van der Waals surface area (Å²) in [7, 11) is 3.06. The third kappa shape index (κ3) is 5.62. The first-order chi connectivity index (χ1) is 9.75. The number of amides is 1. The summed E-state index contributed by atoms with van der Waals surface area (Å²) in [6.07, 6.45) is 0. The standard InChI is InChI=1S/C13H18ClNO5S/c1-9-6-11(21(14,17)18)7-10(2)13(9)15-12(16)8-20-5-4-19-3/h6-7H,4-5,8H2,1-3H3,(H,15,16). The van der Waals surface area contributed by atoms with E-state index in [1.165, 1.54) is 12.1 Å². The summed E-state index contributed by atoms with van der Waals surface area (Å²) in [5.41, 5.74) is 1.78. The molecular formula is C13H18ClNO5S. The van der Waals surface area contributed by atoms with Crippen molar-refractivity contribution in [2.75, 3.05) is 32.2 Å². The van der Waals surface area contributed by atoms with Crippen LogP contribution in [-0.4, -0.2) is 41.3 Å². The lowest BCUT2D eigenvalue weighted by Crippen LogP contribution is -2.20. The van der Waals surface area contributed by atoms with Gasteiger partial charge < -0.3 is 14.8 Å². The third-order valence-electron chi connectivity index (χ3n) is 2.72. The molecule has 0 atom stereocenters. The van der Waals surface area contributed by atoms with Crippen molar-refractivity contribution in [2.45, 2.75) is 18.7 Å². The van der Waals surface area contributed by atoms with E-state index < -0.39 is 9.05 Å². The topological polar surface area (TPSA) is 81.7 Å². The zero-order valence-corrected chi connectivity index (χ0v) is 13.7. The van der Waals surface area contributed by atoms with E-state index in [0.717, 1.165) is 0 Å². The molecule has 1 rings (SSSR count). The van der Waals surface area contributed by atoms with Crippen LogP contribution in [0.15, 0.2) is 17.0 Å². The summed E-state index contributed by atoms with van der Waals surface area (Å²) < 4.78 is 32.6. The number of halogens is 1. The summed E-state index contributed by atoms with van der Waals surface area (Å²) in [6.45, 7) is 4.02. The number of carbonyl (C=O) groups is 1. The highest BCUT2D eigenvalue weighted by Gasteiger charge is 2.15. The summed E-state index contributed by atoms with van der Waals surface area (Å²) in [5, 5.41) is 2.69. The highest BCUT2D eigenvalue weighted by atomic mass is 35.7. The molecule has 0 heterocycles. The number of hydrogen-bond donors (Lipinski definition) is 1. The smallest absolute Gasteiger partial charge is 0.261 e. The number of benzene rings is 1. The maximum absolute atomic E-state index is 11.7. The maximum atomic E-state index is 11.7. The van der Waals surface area contributed by atoms with Gasteiger partial charge in [-0.3, -0.25) is 4.79 Å². The SMILES string of the molecule is COCCOCC(=O)Nc1c(C)cc(S(=O)(=O)Cl)cc1C. The molecule has 0 unspecified atom stereocenters. The molecule has 1 amide bonds. The van der Waals surface area contributed by atoms with Gasteiger partial charge in [-0.05, 0) is 37.1 Å². The Kier molecular flexibility index (Phi) is 6.60. The first-order valence-electron chi connectivity index (χ1n) is 6.18. The van der Waals surface area contributed by atoms with E-state index in [2.05, 4.69) is 5.32 Å². The van der Waals surface area contributed by atoms with Gasteiger partial charge in [0.25, 0.3) is 9.05 Å². The minimum Gasteiger partial charge on any atom is -0.382 e. The monoisotopic (exact) mass is 335 g/mol. The van der Waals surface area contributed by atoms with Gasteiger partial charge in [-0.15, -0.1) is 0 Å². The Morgan fingerprint density at radius 3 is 2.29 bits per heavy atom. The van der Waals surface area contributed by atoms with Crippen LogP contribution < -0.4 is 5.32 Å². The van der Waals surface area contributed by atoms with E-state index in [0.29, 0.717) is 30.0 Å². The van der Waals surface area contributed by atoms with Crippen LogP contribution in [0.5, 0.6) is 0 Å². The minimum atomic E-state index is -3.79. The summed E-state index contributed by atoms with van der Waals surface area (Å²) in [5.74, 6) is -0.321. The Labute approximate surface area is 128 Å². The molecule has 0 aromatic heterocycles. The second-order valence-electron chi connectivity index (χ2n) is 4.46. The Balaban J connectivity index is 2.78. The normalized spacial score (nSPS) is 11.4. The van der Waals surface area contributed by atoms with Gasteiger partial charge in [0.15, 0.2) is 0 Å². The van der Waals surface area contributed by atoms with Crippen LogP contribution in [0.3, 0.4) is 0 Å². The lowest BCUT2D eigenvalue weighted by atomic mass is 10.1. The van der Waals surface area contributed by atoms with Crippen molar-refractivity contribution < 1.29 is 22.7 Å². The van der Waals surface area contributed by atoms with Gasteiger partial charge in [0.2, 0.25) is 5.91 Å². The van der Waals surface area contributed by atoms with Crippen molar-refractivity contribution in [3.8, 4) is 0 Å². The number of aryl methyl sites for hydroxylation is 2. The minimum absolute atomic E-state index is 0.00788. The molecule has 0 aliphatic carbocycles. The van der Waals surface area contributed by atoms with Gasteiger partial charge in [0.05, 0.1) is 18.1 Å². The number of carbonyl (C=O) groups excluding carboxylic acids is 1. The lowest BCUT2D eigenvalue weighted by Gasteiger charge is -2.13. The Morgan fingerprint density at radius 2 is 1.81 bits per heavy atom. The zero-order chi connectivity index (χ0) is 16.0. The van der Waals surface area contributed by atoms with Gasteiger partial charge in [-0.2, -0.15) is 0 Å². The van der Waals surface area contributed by atoms with Crippen LogP contribution in [0.4, 0.5) is 5.69 Å². The van der Waals surface area contributed by atoms with Crippen molar-refractivity contribution >= 4 is 31.3 Å². The summed E-state index contributed by atoms with van der Waals surface area (Å²) in [6, 6.07) is 2.83. The van der Waals surface area contributed by atoms with Gasteiger partial charge >= 0.3 is 0 Å². The van der Waals surface area contributed by atoms with E-state index in [4.69, 9.17) is 20.2 Å². The average molecular weight is 336 g/mol. The lowest BCUT2D eigenvalue weighted by molar-refractivity contribution is -0.121. The third-order valence-corrected chi connectivity index (χ3v) is 4.05. The largest absolute Gasteiger partial charge is 0.382 e. The van der Waals surface area contributed by atoms with Gasteiger partial charge in [-0.25, -0.2) is 8.42 Å². The second-order valence-corrected chi connectivity index (χ2v) is 7.03. The fourth-order valence-corrected chi connectivity index (χ4v) is 2.65. The molecule has 0 saturated carbocycles. The highest BCUT2D eigenvalue weighted by Crippen LogP contribution is 2.26. The first-order valence-corrected chi connectivity index (χ1v) is 8.49. The summed E-state index contributed by atoms with van der Waals surface area (Å²) in [4.78, 5) is 11.7. The molecule has 118 valence electrons. The summed E-state index contributed by atoms with van der Waals surface area (Å²) >= 11 is 0. The number of hydrogen-bond acceptors (Lipinski definition) is 5. The van der Waals surface area contributed by atoms with E-state index in [1.54, 1.807) is 21.0 Å². The molecule has 1 aromatic carbocycles. The van der Waals surface area contributed by atoms with Crippen molar-refractivity contribution in [3.05, 3.63) is 23.3 Å². The number of nitrogens with one attached hydrogen (secondary N) is 1. The van der Waals surface area contributed by atoms with Crippen molar-refractivity contribution in [3.63, 3.8) is 0 Å². The second kappa shape index (κ2) is 7.74. The fourth-order valence-electron chi connectivity index (χ4n) is 1.74. The first kappa shape index (κ1) is 17.9. The van der Waals surface area contributed by atoms with Crippen LogP contribution >= 0.6 is 10.7 Å². The predicted octanol–water partition coefficient (Wildman–Crippen LogP) is 1.83. The molecule has 6 nitrogen and oxygen atoms in total. The molecule has 1 aromatic rings. The van der Waals surface area contributed by atoms with Crippen LogP contribution in [0.1, 0.15) is 11.1 Å². The van der Waals surface area contributed by atoms with Crippen molar-refractivity contribution in [2.24, 2.45) is 0 Å². The van der Waals surface area contributed by atoms with E-state index in [-0.39, 0.29) is 17.4 Å². The number of anilines is 1. The molecule has 0 bridgehead atoms. The maximum Gasteiger partial charge on any atom is 0.261 e. The molecule has 1 N–H and O–H groups in total. The molecule has 0 aliphatic rings. The Hall–Kier alpha value is -1.15. The Bertz CT molecular complexity index is 592. The van der Waals surface area contributed by atoms with Gasteiger partial charge in [0.1, 0.15) is 6.61 Å². The fraction of sp³-hybridized carbons (Fsp3) is 0.462. The average Bonchev–Trinajstić information content (AvgIpc) is 2.37. The number of methoxy groups -OCH3 is 1. The molecule has 0 spiro atoms. The van der Waals surface area contributed by atoms with E-state index in [9.17, 15) is 13.2 Å². The molecule has 21 heavy (non-hydrogen) atoms. The molecule has 0 saturated heterocycles. The van der Waals surface area contributed by atoms with E-state index >= 15 is 0 Å². The van der Waals surface area contributed by atoms with Crippen LogP contribution in [0.2, 0.25) is 0 Å². The van der Waals surface area contributed by atoms with Gasteiger partial charge in [-0.1, -0.05) is 0 Å². The van der Waals surface area contributed by atoms with Gasteiger partial charge in [0, 0.05) is 23.5 Å². The zero-order valence-electron chi connectivity index (χ0n) is 12.1. The highest BCUT2D eigenvalue weighted by molar-refractivity contribution is 8.13. The van der Waals surface area contributed by atoms with Crippen molar-refractivity contribution in [1.29, 1.82) is 0 Å². The number of ether oxygens (including phenoxy) is 2. The quantitative estimate of drug-likeness (QED) is 0.607. The number of rotatable bonds is 7. The molecule has 0 radical (unpaired) electrons. The molecular weight excluding hydrogens is 318 g/mol. The molecule has 0 aliphatic heterocycles. The van der Waals surface area contributed by atoms with Crippen LogP contribution in [-0.2, 0) is 23.3 Å². The van der Waals surface area contributed by atoms with Crippen molar-refractivity contribution in [1.82, 2.24) is 0 Å². The van der Waals surface area contributed by atoms with E-state index in [1.807, 2.05) is 0 Å². The Morgan fingerprint density at radius 1 is 1.24 bits per heavy atom.